The van der Waals surface area contributed by atoms with E-state index < -0.39 is 0 Å². The summed E-state index contributed by atoms with van der Waals surface area (Å²) in [5.41, 5.74) is 9.86. The van der Waals surface area contributed by atoms with Gasteiger partial charge in [0.05, 0.1) is 12.5 Å². The molecule has 1 aliphatic rings. The Bertz CT molecular complexity index is 696. The molecule has 0 bridgehead atoms. The number of carbonyl (C=O) groups is 1. The van der Waals surface area contributed by atoms with Gasteiger partial charge in [0.2, 0.25) is 5.91 Å². The van der Waals surface area contributed by atoms with E-state index in [9.17, 15) is 4.79 Å². The number of benzene rings is 2. The molecule has 3 rings (SSSR count). The molecule has 0 fully saturated rings. The molecule has 3 N–H and O–H groups in total. The number of fused-ring (bicyclic) bond motifs is 1. The minimum absolute atomic E-state index is 0.286. The second-order valence-electron chi connectivity index (χ2n) is 6.29. The van der Waals surface area contributed by atoms with E-state index in [-0.39, 0.29) is 12.3 Å². The standard InChI is InChI=1S/C19H23N3O/c1-13-11-17(16-5-3-4-6-18(16)22(13)2)21-15-9-7-14(8-10-15)12-19(20)23/h3-10,13,17,21H,11-12H2,1-2H3,(H2,20,23). The van der Waals surface area contributed by atoms with Crippen molar-refractivity contribution in [2.24, 2.45) is 5.73 Å². The molecule has 2 aromatic carbocycles. The Kier molecular flexibility index (Phi) is 4.24. The van der Waals surface area contributed by atoms with Crippen molar-refractivity contribution < 1.29 is 4.79 Å². The summed E-state index contributed by atoms with van der Waals surface area (Å²) in [5, 5.41) is 3.63. The van der Waals surface area contributed by atoms with Crippen molar-refractivity contribution in [3.8, 4) is 0 Å². The molecule has 0 aliphatic carbocycles. The van der Waals surface area contributed by atoms with Crippen LogP contribution < -0.4 is 16.0 Å². The van der Waals surface area contributed by atoms with Gasteiger partial charge in [-0.3, -0.25) is 4.79 Å². The molecule has 1 amide bonds. The van der Waals surface area contributed by atoms with Crippen molar-refractivity contribution in [3.05, 3.63) is 59.7 Å². The number of nitrogens with two attached hydrogens (primary N) is 1. The molecule has 1 aliphatic heterocycles. The number of primary amides is 1. The molecule has 4 nitrogen and oxygen atoms in total. The van der Waals surface area contributed by atoms with Gasteiger partial charge in [0.25, 0.3) is 0 Å². The maximum Gasteiger partial charge on any atom is 0.221 e. The molecule has 0 spiro atoms. The van der Waals surface area contributed by atoms with Crippen molar-refractivity contribution in [3.63, 3.8) is 0 Å². The maximum absolute atomic E-state index is 11.0. The maximum atomic E-state index is 11.0. The minimum atomic E-state index is -0.302. The predicted octanol–water partition coefficient (Wildman–Crippen LogP) is 3.10. The van der Waals surface area contributed by atoms with Crippen LogP contribution in [0.2, 0.25) is 0 Å². The summed E-state index contributed by atoms with van der Waals surface area (Å²) >= 11 is 0. The van der Waals surface area contributed by atoms with Crippen molar-refractivity contribution in [2.75, 3.05) is 17.3 Å². The Morgan fingerprint density at radius 2 is 1.91 bits per heavy atom. The first-order chi connectivity index (χ1) is 11.0. The van der Waals surface area contributed by atoms with Crippen LogP contribution in [0.15, 0.2) is 48.5 Å². The molecule has 2 aromatic rings. The monoisotopic (exact) mass is 309 g/mol. The highest BCUT2D eigenvalue weighted by molar-refractivity contribution is 5.76. The first-order valence-corrected chi connectivity index (χ1v) is 8.00. The molecule has 0 aromatic heterocycles. The largest absolute Gasteiger partial charge is 0.378 e. The zero-order valence-electron chi connectivity index (χ0n) is 13.6. The van der Waals surface area contributed by atoms with Crippen molar-refractivity contribution in [1.82, 2.24) is 0 Å². The van der Waals surface area contributed by atoms with Gasteiger partial charge >= 0.3 is 0 Å². The van der Waals surface area contributed by atoms with Crippen molar-refractivity contribution >= 4 is 17.3 Å². The number of amides is 1. The molecule has 120 valence electrons. The average Bonchev–Trinajstić information content (AvgIpc) is 2.54. The van der Waals surface area contributed by atoms with Crippen LogP contribution in [0.4, 0.5) is 11.4 Å². The fourth-order valence-electron chi connectivity index (χ4n) is 3.22. The number of nitrogens with zero attached hydrogens (tertiary/aromatic N) is 1. The van der Waals surface area contributed by atoms with Crippen LogP contribution in [0.3, 0.4) is 0 Å². The lowest BCUT2D eigenvalue weighted by molar-refractivity contribution is -0.117. The van der Waals surface area contributed by atoms with Crippen LogP contribution in [-0.4, -0.2) is 19.0 Å². The highest BCUT2D eigenvalue weighted by atomic mass is 16.1. The van der Waals surface area contributed by atoms with E-state index in [0.29, 0.717) is 12.1 Å². The third-order valence-electron chi connectivity index (χ3n) is 4.60. The van der Waals surface area contributed by atoms with Crippen LogP contribution in [0.1, 0.15) is 30.5 Å². The Labute approximate surface area is 137 Å². The molecule has 0 radical (unpaired) electrons. The number of carbonyl (C=O) groups excluding carboxylic acids is 1. The Hall–Kier alpha value is -2.49. The molecular formula is C19H23N3O. The summed E-state index contributed by atoms with van der Waals surface area (Å²) in [7, 11) is 2.15. The van der Waals surface area contributed by atoms with Gasteiger partial charge in [0, 0.05) is 24.5 Å². The smallest absolute Gasteiger partial charge is 0.221 e. The van der Waals surface area contributed by atoms with E-state index in [2.05, 4.69) is 48.5 Å². The minimum Gasteiger partial charge on any atom is -0.378 e. The van der Waals surface area contributed by atoms with Crippen LogP contribution >= 0.6 is 0 Å². The van der Waals surface area contributed by atoms with E-state index in [0.717, 1.165) is 17.7 Å². The number of hydrogen-bond donors (Lipinski definition) is 2. The lowest BCUT2D eigenvalue weighted by Gasteiger charge is -2.39. The second-order valence-corrected chi connectivity index (χ2v) is 6.29. The second kappa shape index (κ2) is 6.32. The van der Waals surface area contributed by atoms with Gasteiger partial charge in [0.15, 0.2) is 0 Å². The highest BCUT2D eigenvalue weighted by Gasteiger charge is 2.27. The van der Waals surface area contributed by atoms with Gasteiger partial charge in [-0.2, -0.15) is 0 Å². The van der Waals surface area contributed by atoms with Crippen LogP contribution in [0.25, 0.3) is 0 Å². The van der Waals surface area contributed by atoms with Gasteiger partial charge in [0.1, 0.15) is 0 Å². The predicted molar refractivity (Wildman–Crippen MR) is 94.6 cm³/mol. The number of hydrogen-bond acceptors (Lipinski definition) is 3. The normalized spacial score (nSPS) is 20.0. The molecule has 2 atom stereocenters. The molecule has 0 saturated heterocycles. The van der Waals surface area contributed by atoms with Gasteiger partial charge in [-0.25, -0.2) is 0 Å². The topological polar surface area (TPSA) is 58.4 Å². The number of para-hydroxylation sites is 1. The number of rotatable bonds is 4. The summed E-state index contributed by atoms with van der Waals surface area (Å²) in [6.45, 7) is 2.25. The number of anilines is 2. The Morgan fingerprint density at radius 3 is 2.61 bits per heavy atom. The van der Waals surface area contributed by atoms with Gasteiger partial charge in [-0.15, -0.1) is 0 Å². The summed E-state index contributed by atoms with van der Waals surface area (Å²) in [6, 6.07) is 17.3. The fraction of sp³-hybridized carbons (Fsp3) is 0.316. The number of nitrogens with one attached hydrogen (secondary N) is 1. The lowest BCUT2D eigenvalue weighted by Crippen LogP contribution is -2.37. The first kappa shape index (κ1) is 15.4. The molecule has 4 heteroatoms. The van der Waals surface area contributed by atoms with Gasteiger partial charge < -0.3 is 16.0 Å². The van der Waals surface area contributed by atoms with Crippen molar-refractivity contribution in [1.29, 1.82) is 0 Å². The summed E-state index contributed by atoms with van der Waals surface area (Å²) < 4.78 is 0. The summed E-state index contributed by atoms with van der Waals surface area (Å²) in [4.78, 5) is 13.3. The molecule has 23 heavy (non-hydrogen) atoms. The van der Waals surface area contributed by atoms with Crippen LogP contribution in [0, 0.1) is 0 Å². The first-order valence-electron chi connectivity index (χ1n) is 8.00. The zero-order valence-corrected chi connectivity index (χ0v) is 13.6. The van der Waals surface area contributed by atoms with E-state index in [1.54, 1.807) is 0 Å². The van der Waals surface area contributed by atoms with Gasteiger partial charge in [-0.05, 0) is 42.7 Å². The average molecular weight is 309 g/mol. The molecule has 1 heterocycles. The third kappa shape index (κ3) is 3.31. The van der Waals surface area contributed by atoms with E-state index >= 15 is 0 Å². The fourth-order valence-corrected chi connectivity index (χ4v) is 3.22. The Balaban J connectivity index is 1.80. The van der Waals surface area contributed by atoms with Crippen molar-refractivity contribution in [2.45, 2.75) is 31.8 Å². The SMILES string of the molecule is CC1CC(Nc2ccc(CC(N)=O)cc2)c2ccccc2N1C. The quantitative estimate of drug-likeness (QED) is 0.912. The van der Waals surface area contributed by atoms with Crippen LogP contribution in [-0.2, 0) is 11.2 Å². The summed E-state index contributed by atoms with van der Waals surface area (Å²) in [6.07, 6.45) is 1.34. The lowest BCUT2D eigenvalue weighted by atomic mass is 9.92. The zero-order chi connectivity index (χ0) is 16.4. The summed E-state index contributed by atoms with van der Waals surface area (Å²) in [5.74, 6) is -0.302. The third-order valence-corrected chi connectivity index (χ3v) is 4.60. The molecule has 0 saturated carbocycles. The highest BCUT2D eigenvalue weighted by Crippen LogP contribution is 2.37. The molecular weight excluding hydrogens is 286 g/mol. The van der Waals surface area contributed by atoms with E-state index in [4.69, 9.17) is 5.73 Å². The van der Waals surface area contributed by atoms with E-state index in [1.807, 2.05) is 24.3 Å². The van der Waals surface area contributed by atoms with Crippen LogP contribution in [0.5, 0.6) is 0 Å². The Morgan fingerprint density at radius 1 is 1.22 bits per heavy atom. The van der Waals surface area contributed by atoms with Gasteiger partial charge in [-0.1, -0.05) is 30.3 Å². The van der Waals surface area contributed by atoms with E-state index in [1.165, 1.54) is 11.3 Å². The molecule has 2 unspecified atom stereocenters.